The molecule has 0 aliphatic rings. The van der Waals surface area contributed by atoms with Crippen LogP contribution in [0, 0.1) is 0 Å². The second kappa shape index (κ2) is 6.18. The molecule has 5 nitrogen and oxygen atoms in total. The second-order valence-electron chi connectivity index (χ2n) is 5.31. The van der Waals surface area contributed by atoms with Crippen molar-refractivity contribution in [2.45, 2.75) is 32.7 Å². The van der Waals surface area contributed by atoms with E-state index in [-0.39, 0.29) is 5.56 Å². The van der Waals surface area contributed by atoms with Gasteiger partial charge < -0.3 is 4.90 Å². The fourth-order valence-corrected chi connectivity index (χ4v) is 3.92. The first-order valence-corrected chi connectivity index (χ1v) is 8.98. The minimum Gasteiger partial charge on any atom is -0.347 e. The zero-order valence-electron chi connectivity index (χ0n) is 12.8. The Morgan fingerprint density at radius 2 is 2.27 bits per heavy atom. The first-order valence-electron chi connectivity index (χ1n) is 7.22. The number of aryl methyl sites for hydroxylation is 1. The molecular weight excluding hydrogens is 316 g/mol. The van der Waals surface area contributed by atoms with Crippen LogP contribution in [0.25, 0.3) is 4.96 Å². The molecule has 0 aliphatic heterocycles. The van der Waals surface area contributed by atoms with Gasteiger partial charge in [-0.25, -0.2) is 4.98 Å². The molecule has 0 aliphatic carbocycles. The number of hydrogen-bond donors (Lipinski definition) is 0. The molecule has 0 saturated carbocycles. The van der Waals surface area contributed by atoms with Crippen molar-refractivity contribution in [1.29, 1.82) is 0 Å². The van der Waals surface area contributed by atoms with Crippen molar-refractivity contribution in [2.75, 3.05) is 11.9 Å². The summed E-state index contributed by atoms with van der Waals surface area (Å²) in [7, 11) is 2.01. The van der Waals surface area contributed by atoms with Crippen LogP contribution in [0.15, 0.2) is 27.7 Å². The molecule has 3 rings (SSSR count). The summed E-state index contributed by atoms with van der Waals surface area (Å²) in [5.41, 5.74) is 2.03. The topological polar surface area (TPSA) is 50.5 Å². The Morgan fingerprint density at radius 1 is 1.45 bits per heavy atom. The van der Waals surface area contributed by atoms with E-state index in [1.807, 2.05) is 14.0 Å². The van der Waals surface area contributed by atoms with Crippen LogP contribution in [-0.2, 0) is 12.8 Å². The van der Waals surface area contributed by atoms with Gasteiger partial charge in [0.05, 0.1) is 0 Å². The average Bonchev–Trinajstić information content (AvgIpc) is 3.15. The van der Waals surface area contributed by atoms with Gasteiger partial charge in [-0.2, -0.15) is 15.9 Å². The zero-order valence-corrected chi connectivity index (χ0v) is 14.4. The average molecular weight is 334 g/mol. The van der Waals surface area contributed by atoms with E-state index in [9.17, 15) is 4.79 Å². The van der Waals surface area contributed by atoms with Gasteiger partial charge in [0.15, 0.2) is 0 Å². The Kier molecular flexibility index (Phi) is 4.26. The molecule has 1 atom stereocenters. The molecule has 0 bridgehead atoms. The van der Waals surface area contributed by atoms with E-state index in [2.05, 4.69) is 38.7 Å². The summed E-state index contributed by atoms with van der Waals surface area (Å²) < 4.78 is 1.40. The third-order valence-corrected chi connectivity index (χ3v) is 5.45. The van der Waals surface area contributed by atoms with Crippen LogP contribution < -0.4 is 10.5 Å². The molecule has 116 valence electrons. The highest BCUT2D eigenvalue weighted by Gasteiger charge is 2.17. The van der Waals surface area contributed by atoms with Gasteiger partial charge in [0.2, 0.25) is 10.1 Å². The molecule has 0 fully saturated rings. The Hall–Kier alpha value is -1.73. The first kappa shape index (κ1) is 15.2. The van der Waals surface area contributed by atoms with Crippen molar-refractivity contribution < 1.29 is 0 Å². The maximum absolute atomic E-state index is 12.1. The lowest BCUT2D eigenvalue weighted by Crippen LogP contribution is -2.30. The first-order chi connectivity index (χ1) is 10.6. The summed E-state index contributed by atoms with van der Waals surface area (Å²) in [5.74, 6) is 0. The molecule has 0 saturated heterocycles. The fraction of sp³-hybridized carbons (Fsp3) is 0.400. The molecule has 0 radical (unpaired) electrons. The van der Waals surface area contributed by atoms with Crippen LogP contribution in [0.3, 0.4) is 0 Å². The molecule has 0 spiro atoms. The van der Waals surface area contributed by atoms with Gasteiger partial charge in [-0.15, -0.1) is 5.10 Å². The zero-order chi connectivity index (χ0) is 15.7. The van der Waals surface area contributed by atoms with E-state index in [0.29, 0.717) is 11.0 Å². The largest absolute Gasteiger partial charge is 0.347 e. The van der Waals surface area contributed by atoms with Crippen LogP contribution in [-0.4, -0.2) is 27.7 Å². The highest BCUT2D eigenvalue weighted by Crippen LogP contribution is 2.23. The Morgan fingerprint density at radius 3 is 2.95 bits per heavy atom. The number of aromatic nitrogens is 3. The van der Waals surface area contributed by atoms with E-state index in [4.69, 9.17) is 0 Å². The normalized spacial score (nSPS) is 12.7. The molecule has 7 heteroatoms. The van der Waals surface area contributed by atoms with Crippen LogP contribution >= 0.6 is 22.7 Å². The number of rotatable bonds is 5. The fourth-order valence-electron chi connectivity index (χ4n) is 2.25. The summed E-state index contributed by atoms with van der Waals surface area (Å²) >= 11 is 3.17. The monoisotopic (exact) mass is 334 g/mol. The predicted octanol–water partition coefficient (Wildman–Crippen LogP) is 2.84. The standard InChI is InChI=1S/C15H18N4OS2/c1-4-12-8-13(20)19-14(16-12)22-15(17-19)18(3)10(2)7-11-5-6-21-9-11/h5-6,8-10H,4,7H2,1-3H3. The van der Waals surface area contributed by atoms with Crippen molar-refractivity contribution in [3.8, 4) is 0 Å². The molecular formula is C15H18N4OS2. The van der Waals surface area contributed by atoms with E-state index in [1.54, 1.807) is 17.4 Å². The van der Waals surface area contributed by atoms with Crippen LogP contribution in [0.1, 0.15) is 25.1 Å². The molecule has 3 heterocycles. The van der Waals surface area contributed by atoms with Gasteiger partial charge in [-0.3, -0.25) is 4.79 Å². The number of thiophene rings is 1. The van der Waals surface area contributed by atoms with Gasteiger partial charge >= 0.3 is 0 Å². The molecule has 1 unspecified atom stereocenters. The highest BCUT2D eigenvalue weighted by molar-refractivity contribution is 7.20. The van der Waals surface area contributed by atoms with E-state index in [1.165, 1.54) is 21.4 Å². The number of nitrogens with zero attached hydrogens (tertiary/aromatic N) is 4. The van der Waals surface area contributed by atoms with Crippen molar-refractivity contribution in [3.05, 3.63) is 44.5 Å². The van der Waals surface area contributed by atoms with Gasteiger partial charge in [0.25, 0.3) is 5.56 Å². The van der Waals surface area contributed by atoms with Gasteiger partial charge in [0, 0.05) is 24.8 Å². The maximum atomic E-state index is 12.1. The van der Waals surface area contributed by atoms with Crippen LogP contribution in [0.2, 0.25) is 0 Å². The quantitative estimate of drug-likeness (QED) is 0.720. The summed E-state index contributed by atoms with van der Waals surface area (Å²) in [5, 5.41) is 9.51. The smallest absolute Gasteiger partial charge is 0.275 e. The minimum atomic E-state index is -0.108. The summed E-state index contributed by atoms with van der Waals surface area (Å²) in [4.78, 5) is 19.3. The molecule has 3 aromatic heterocycles. The van der Waals surface area contributed by atoms with Crippen LogP contribution in [0.4, 0.5) is 5.13 Å². The Bertz CT molecular complexity index is 822. The number of likely N-dealkylation sites (N-methyl/N-ethyl adjacent to an activating group) is 1. The van der Waals surface area contributed by atoms with Crippen molar-refractivity contribution in [1.82, 2.24) is 14.6 Å². The predicted molar refractivity (Wildman–Crippen MR) is 92.4 cm³/mol. The van der Waals surface area contributed by atoms with Crippen molar-refractivity contribution in [3.63, 3.8) is 0 Å². The summed E-state index contributed by atoms with van der Waals surface area (Å²) in [6.45, 7) is 4.16. The molecule has 0 N–H and O–H groups in total. The lowest BCUT2D eigenvalue weighted by atomic mass is 10.1. The molecule has 0 aromatic carbocycles. The van der Waals surface area contributed by atoms with E-state index < -0.39 is 0 Å². The Balaban J connectivity index is 1.89. The number of fused-ring (bicyclic) bond motifs is 1. The third-order valence-electron chi connectivity index (χ3n) is 3.72. The van der Waals surface area contributed by atoms with Gasteiger partial charge in [-0.05, 0) is 42.2 Å². The van der Waals surface area contributed by atoms with Gasteiger partial charge in [-0.1, -0.05) is 18.3 Å². The van der Waals surface area contributed by atoms with E-state index in [0.717, 1.165) is 23.7 Å². The van der Waals surface area contributed by atoms with Crippen molar-refractivity contribution >= 4 is 32.8 Å². The van der Waals surface area contributed by atoms with Crippen molar-refractivity contribution in [2.24, 2.45) is 0 Å². The summed E-state index contributed by atoms with van der Waals surface area (Å²) in [6.07, 6.45) is 1.71. The lowest BCUT2D eigenvalue weighted by Gasteiger charge is -2.23. The molecule has 0 amide bonds. The minimum absolute atomic E-state index is 0.108. The van der Waals surface area contributed by atoms with Gasteiger partial charge in [0.1, 0.15) is 0 Å². The lowest BCUT2D eigenvalue weighted by molar-refractivity contribution is 0.674. The number of anilines is 1. The summed E-state index contributed by atoms with van der Waals surface area (Å²) in [6, 6.07) is 4.01. The molecule has 3 aromatic rings. The van der Waals surface area contributed by atoms with E-state index >= 15 is 0 Å². The third kappa shape index (κ3) is 2.91. The highest BCUT2D eigenvalue weighted by atomic mass is 32.1. The maximum Gasteiger partial charge on any atom is 0.275 e. The number of hydrogen-bond acceptors (Lipinski definition) is 6. The Labute approximate surface area is 136 Å². The SMILES string of the molecule is CCc1cc(=O)n2nc(N(C)C(C)Cc3ccsc3)sc2n1. The van der Waals surface area contributed by atoms with Crippen LogP contribution in [0.5, 0.6) is 0 Å². The second-order valence-corrected chi connectivity index (χ2v) is 7.03. The molecule has 22 heavy (non-hydrogen) atoms.